The van der Waals surface area contributed by atoms with Gasteiger partial charge in [0.1, 0.15) is 11.3 Å². The highest BCUT2D eigenvalue weighted by Crippen LogP contribution is 2.35. The van der Waals surface area contributed by atoms with Crippen LogP contribution in [-0.2, 0) is 5.41 Å². The first-order chi connectivity index (χ1) is 9.75. The molecule has 1 unspecified atom stereocenters. The van der Waals surface area contributed by atoms with E-state index in [1.807, 2.05) is 0 Å². The molecule has 2 aromatic rings. The standard InChI is InChI=1S/C19H29NO/c1-8-9-20-14(4)18-13(3)16-11-15(19(5,6)7)10-12(2)17(16)21-18/h10-11,14,20H,8-9H2,1-7H3. The van der Waals surface area contributed by atoms with Crippen LogP contribution in [0.1, 0.15) is 69.5 Å². The largest absolute Gasteiger partial charge is 0.459 e. The van der Waals surface area contributed by atoms with E-state index in [0.29, 0.717) is 0 Å². The SMILES string of the molecule is CCCNC(C)c1oc2c(C)cc(C(C)(C)C)cc2c1C. The molecule has 21 heavy (non-hydrogen) atoms. The minimum Gasteiger partial charge on any atom is -0.459 e. The summed E-state index contributed by atoms with van der Waals surface area (Å²) < 4.78 is 6.19. The summed E-state index contributed by atoms with van der Waals surface area (Å²) in [6.45, 7) is 16.5. The van der Waals surface area contributed by atoms with Gasteiger partial charge in [0.05, 0.1) is 6.04 Å². The van der Waals surface area contributed by atoms with Crippen molar-refractivity contribution in [3.63, 3.8) is 0 Å². The van der Waals surface area contributed by atoms with Gasteiger partial charge in [-0.2, -0.15) is 0 Å². The first-order valence-electron chi connectivity index (χ1n) is 8.03. The van der Waals surface area contributed by atoms with E-state index in [1.54, 1.807) is 0 Å². The summed E-state index contributed by atoms with van der Waals surface area (Å²) in [7, 11) is 0. The van der Waals surface area contributed by atoms with Crippen molar-refractivity contribution in [3.05, 3.63) is 34.6 Å². The summed E-state index contributed by atoms with van der Waals surface area (Å²) in [6.07, 6.45) is 1.14. The van der Waals surface area contributed by atoms with Gasteiger partial charge in [-0.05, 0) is 61.9 Å². The number of benzene rings is 1. The van der Waals surface area contributed by atoms with Crippen LogP contribution in [0.2, 0.25) is 0 Å². The summed E-state index contributed by atoms with van der Waals surface area (Å²) in [5.41, 5.74) is 5.08. The van der Waals surface area contributed by atoms with E-state index in [1.165, 1.54) is 22.1 Å². The topological polar surface area (TPSA) is 25.2 Å². The molecule has 0 aliphatic rings. The lowest BCUT2D eigenvalue weighted by Gasteiger charge is -2.19. The molecule has 1 N–H and O–H groups in total. The molecule has 0 aliphatic heterocycles. The average molecular weight is 287 g/mol. The number of rotatable bonds is 4. The predicted octanol–water partition coefficient (Wildman–Crippen LogP) is 5.41. The second-order valence-electron chi connectivity index (χ2n) is 7.19. The van der Waals surface area contributed by atoms with Crippen LogP contribution >= 0.6 is 0 Å². The first kappa shape index (κ1) is 16.1. The minimum absolute atomic E-state index is 0.162. The molecule has 0 amide bonds. The van der Waals surface area contributed by atoms with Gasteiger partial charge in [0.2, 0.25) is 0 Å². The lowest BCUT2D eigenvalue weighted by atomic mass is 9.85. The number of nitrogens with one attached hydrogen (secondary N) is 1. The van der Waals surface area contributed by atoms with E-state index in [9.17, 15) is 0 Å². The third kappa shape index (κ3) is 3.16. The zero-order valence-electron chi connectivity index (χ0n) is 14.6. The zero-order valence-corrected chi connectivity index (χ0v) is 14.6. The summed E-state index contributed by atoms with van der Waals surface area (Å²) in [6, 6.07) is 4.82. The van der Waals surface area contributed by atoms with Crippen molar-refractivity contribution in [2.75, 3.05) is 6.54 Å². The molecule has 116 valence electrons. The summed E-state index contributed by atoms with van der Waals surface area (Å²) in [5.74, 6) is 1.08. The monoisotopic (exact) mass is 287 g/mol. The fraction of sp³-hybridized carbons (Fsp3) is 0.579. The van der Waals surface area contributed by atoms with Crippen molar-refractivity contribution in [2.45, 2.75) is 66.3 Å². The fourth-order valence-corrected chi connectivity index (χ4v) is 2.81. The smallest absolute Gasteiger partial charge is 0.137 e. The Morgan fingerprint density at radius 3 is 2.43 bits per heavy atom. The van der Waals surface area contributed by atoms with Gasteiger partial charge in [0.15, 0.2) is 0 Å². The van der Waals surface area contributed by atoms with Crippen LogP contribution in [0.3, 0.4) is 0 Å². The highest BCUT2D eigenvalue weighted by atomic mass is 16.3. The Morgan fingerprint density at radius 1 is 1.19 bits per heavy atom. The van der Waals surface area contributed by atoms with E-state index in [2.05, 4.69) is 65.9 Å². The second-order valence-corrected chi connectivity index (χ2v) is 7.19. The molecule has 1 heterocycles. The van der Waals surface area contributed by atoms with E-state index in [4.69, 9.17) is 4.42 Å². The number of hydrogen-bond donors (Lipinski definition) is 1. The summed E-state index contributed by atoms with van der Waals surface area (Å²) in [4.78, 5) is 0. The zero-order chi connectivity index (χ0) is 15.8. The van der Waals surface area contributed by atoms with Crippen molar-refractivity contribution in [3.8, 4) is 0 Å². The number of aryl methyl sites for hydroxylation is 2. The van der Waals surface area contributed by atoms with Crippen LogP contribution in [0, 0.1) is 13.8 Å². The Morgan fingerprint density at radius 2 is 1.86 bits per heavy atom. The van der Waals surface area contributed by atoms with E-state index < -0.39 is 0 Å². The van der Waals surface area contributed by atoms with Gasteiger partial charge in [-0.1, -0.05) is 33.8 Å². The van der Waals surface area contributed by atoms with Gasteiger partial charge < -0.3 is 9.73 Å². The summed E-state index contributed by atoms with van der Waals surface area (Å²) in [5, 5.41) is 4.78. The van der Waals surface area contributed by atoms with Crippen molar-refractivity contribution >= 4 is 11.0 Å². The van der Waals surface area contributed by atoms with Gasteiger partial charge >= 0.3 is 0 Å². The predicted molar refractivity (Wildman–Crippen MR) is 91.1 cm³/mol. The molecule has 0 saturated carbocycles. The Kier molecular flexibility index (Phi) is 4.48. The molecule has 1 aromatic heterocycles. The molecular weight excluding hydrogens is 258 g/mol. The third-order valence-corrected chi connectivity index (χ3v) is 4.22. The van der Waals surface area contributed by atoms with E-state index in [-0.39, 0.29) is 11.5 Å². The fourth-order valence-electron chi connectivity index (χ4n) is 2.81. The van der Waals surface area contributed by atoms with Crippen molar-refractivity contribution in [1.29, 1.82) is 0 Å². The molecule has 2 rings (SSSR count). The van der Waals surface area contributed by atoms with Crippen molar-refractivity contribution in [2.24, 2.45) is 0 Å². The molecule has 0 radical (unpaired) electrons. The molecule has 1 aromatic carbocycles. The normalized spacial score (nSPS) is 13.9. The highest BCUT2D eigenvalue weighted by Gasteiger charge is 2.21. The summed E-state index contributed by atoms with van der Waals surface area (Å²) >= 11 is 0. The molecule has 0 spiro atoms. The Hall–Kier alpha value is -1.28. The van der Waals surface area contributed by atoms with Crippen molar-refractivity contribution < 1.29 is 4.42 Å². The Labute approximate surface area is 128 Å². The van der Waals surface area contributed by atoms with Crippen molar-refractivity contribution in [1.82, 2.24) is 5.32 Å². The van der Waals surface area contributed by atoms with Gasteiger partial charge in [-0.3, -0.25) is 0 Å². The quantitative estimate of drug-likeness (QED) is 0.813. The van der Waals surface area contributed by atoms with Crippen LogP contribution in [0.4, 0.5) is 0 Å². The van der Waals surface area contributed by atoms with E-state index >= 15 is 0 Å². The second kappa shape index (κ2) is 5.84. The van der Waals surface area contributed by atoms with Gasteiger partial charge in [0, 0.05) is 5.39 Å². The lowest BCUT2D eigenvalue weighted by molar-refractivity contribution is 0.448. The third-order valence-electron chi connectivity index (χ3n) is 4.22. The first-order valence-corrected chi connectivity index (χ1v) is 8.03. The molecule has 0 saturated heterocycles. The molecule has 0 bridgehead atoms. The van der Waals surface area contributed by atoms with E-state index in [0.717, 1.165) is 24.3 Å². The molecule has 0 aliphatic carbocycles. The maximum atomic E-state index is 6.19. The van der Waals surface area contributed by atoms with Gasteiger partial charge in [-0.15, -0.1) is 0 Å². The maximum absolute atomic E-state index is 6.19. The highest BCUT2D eigenvalue weighted by molar-refractivity contribution is 5.86. The average Bonchev–Trinajstić information content (AvgIpc) is 2.73. The molecule has 0 fully saturated rings. The lowest BCUT2D eigenvalue weighted by Crippen LogP contribution is -2.19. The van der Waals surface area contributed by atoms with Crippen LogP contribution < -0.4 is 5.32 Å². The van der Waals surface area contributed by atoms with Crippen LogP contribution in [0.25, 0.3) is 11.0 Å². The Bertz CT molecular complexity index is 631. The maximum Gasteiger partial charge on any atom is 0.137 e. The van der Waals surface area contributed by atoms with Gasteiger partial charge in [0.25, 0.3) is 0 Å². The van der Waals surface area contributed by atoms with Crippen LogP contribution in [-0.4, -0.2) is 6.54 Å². The number of furan rings is 1. The number of hydrogen-bond acceptors (Lipinski definition) is 2. The molecule has 1 atom stereocenters. The van der Waals surface area contributed by atoms with Crippen LogP contribution in [0.5, 0.6) is 0 Å². The van der Waals surface area contributed by atoms with Crippen LogP contribution in [0.15, 0.2) is 16.5 Å². The molecule has 2 nitrogen and oxygen atoms in total. The number of fused-ring (bicyclic) bond motifs is 1. The molecule has 2 heteroatoms. The molecular formula is C19H29NO. The minimum atomic E-state index is 0.162. The van der Waals surface area contributed by atoms with Gasteiger partial charge in [-0.25, -0.2) is 0 Å². The Balaban J connectivity index is 2.53.